The number of aliphatic hydroxyl groups is 2. The Hall–Kier alpha value is -1.10. The van der Waals surface area contributed by atoms with Crippen LogP contribution in [-0.2, 0) is 20.1 Å². The number of fused-ring (bicyclic) bond motifs is 2. The predicted octanol–water partition coefficient (Wildman–Crippen LogP) is 9.03. The molecule has 2 saturated carbocycles. The van der Waals surface area contributed by atoms with Crippen molar-refractivity contribution in [2.24, 2.45) is 22.7 Å². The molecule has 217 valence electrons. The molecule has 2 fully saturated rings. The van der Waals surface area contributed by atoms with E-state index >= 15 is 0 Å². The number of aliphatic hydroxyl groups excluding tert-OH is 2. The van der Waals surface area contributed by atoms with Gasteiger partial charge in [-0.05, 0) is 82.8 Å². The van der Waals surface area contributed by atoms with Crippen LogP contribution in [0.4, 0.5) is 0 Å². The van der Waals surface area contributed by atoms with E-state index in [1.807, 2.05) is 12.3 Å². The zero-order valence-electron chi connectivity index (χ0n) is 24.7. The molecule has 5 heteroatoms. The van der Waals surface area contributed by atoms with Crippen LogP contribution in [0.15, 0.2) is 42.6 Å². The Morgan fingerprint density at radius 3 is 2.15 bits per heavy atom. The molecule has 1 aromatic carbocycles. The molecule has 0 aliphatic heterocycles. The third kappa shape index (κ3) is 6.38. The van der Waals surface area contributed by atoms with Crippen LogP contribution >= 0.6 is 11.3 Å². The van der Waals surface area contributed by atoms with Gasteiger partial charge in [-0.15, -0.1) is 23.6 Å². The van der Waals surface area contributed by atoms with Crippen molar-refractivity contribution in [3.05, 3.63) is 54.2 Å². The van der Waals surface area contributed by atoms with Crippen LogP contribution in [-0.4, -0.2) is 27.4 Å². The van der Waals surface area contributed by atoms with Gasteiger partial charge in [0.1, 0.15) is 0 Å². The molecule has 4 atom stereocenters. The van der Waals surface area contributed by atoms with Crippen molar-refractivity contribution in [3.8, 4) is 10.6 Å². The summed E-state index contributed by atoms with van der Waals surface area (Å²) in [5.41, 5.74) is 2.39. The maximum Gasteiger partial charge on any atom is 0.0651 e. The van der Waals surface area contributed by atoms with Gasteiger partial charge >= 0.3 is 0 Å². The van der Waals surface area contributed by atoms with Gasteiger partial charge in [0.2, 0.25) is 0 Å². The molecule has 1 radical (unpaired) electrons. The van der Waals surface area contributed by atoms with Gasteiger partial charge in [0.05, 0.1) is 12.2 Å². The van der Waals surface area contributed by atoms with Gasteiger partial charge in [0.25, 0.3) is 0 Å². The van der Waals surface area contributed by atoms with Gasteiger partial charge in [0, 0.05) is 37.9 Å². The predicted molar refractivity (Wildman–Crippen MR) is 161 cm³/mol. The molecule has 3 aromatic rings. The van der Waals surface area contributed by atoms with Gasteiger partial charge in [-0.2, -0.15) is 0 Å². The summed E-state index contributed by atoms with van der Waals surface area (Å²) >= 11 is 1.75. The SMILES string of the molecule is CC(C)c1ccc(-c2[c-]c3ccccc3s2)nc1.CCC1(CC)CCCC2CC(CC)(CC)C(O)C2C1O.[Ir]. The molecule has 0 spiro atoms. The number of pyridine rings is 1. The van der Waals surface area contributed by atoms with Crippen molar-refractivity contribution >= 4 is 21.4 Å². The van der Waals surface area contributed by atoms with Crippen LogP contribution in [0.2, 0.25) is 0 Å². The van der Waals surface area contributed by atoms with Crippen LogP contribution in [0, 0.1) is 28.7 Å². The average Bonchev–Trinajstić information content (AvgIpc) is 3.46. The van der Waals surface area contributed by atoms with Crippen LogP contribution in [0.3, 0.4) is 0 Å². The topological polar surface area (TPSA) is 53.4 Å². The van der Waals surface area contributed by atoms with Crippen LogP contribution in [0.25, 0.3) is 20.7 Å². The quantitative estimate of drug-likeness (QED) is 0.250. The van der Waals surface area contributed by atoms with Crippen molar-refractivity contribution in [3.63, 3.8) is 0 Å². The zero-order chi connectivity index (χ0) is 27.5. The van der Waals surface area contributed by atoms with E-state index in [0.717, 1.165) is 49.1 Å². The van der Waals surface area contributed by atoms with Crippen molar-refractivity contribution in [2.45, 2.75) is 111 Å². The normalized spacial score (nSPS) is 25.4. The molecule has 0 saturated heterocycles. The first-order valence-electron chi connectivity index (χ1n) is 15.0. The van der Waals surface area contributed by atoms with Crippen LogP contribution in [0.5, 0.6) is 0 Å². The summed E-state index contributed by atoms with van der Waals surface area (Å²) in [6, 6.07) is 16.0. The van der Waals surface area contributed by atoms with E-state index in [2.05, 4.69) is 82.9 Å². The standard InChI is InChI=1S/C18H34O2.C16H14NS.Ir/c1-5-17(6-2)11-9-10-13-12-18(7-3,8-4)16(20)14(13)15(17)19;1-11(2)13-7-8-14(17-10-13)16-9-12-5-3-4-6-15(12)18-16;/h13-16,19-20H,5-12H2,1-4H3;3-8,10-11H,1-2H3;/q;-1;. The van der Waals surface area contributed by atoms with Crippen molar-refractivity contribution in [1.82, 2.24) is 4.98 Å². The fraction of sp³-hybridized carbons (Fsp3) is 0.618. The minimum absolute atomic E-state index is 0. The van der Waals surface area contributed by atoms with Crippen LogP contribution in [0.1, 0.15) is 104 Å². The maximum atomic E-state index is 11.1. The minimum atomic E-state index is -0.319. The van der Waals surface area contributed by atoms with Crippen molar-refractivity contribution in [1.29, 1.82) is 0 Å². The van der Waals surface area contributed by atoms with Gasteiger partial charge < -0.3 is 15.2 Å². The van der Waals surface area contributed by atoms with E-state index in [1.165, 1.54) is 28.5 Å². The van der Waals surface area contributed by atoms with E-state index in [0.29, 0.717) is 11.8 Å². The van der Waals surface area contributed by atoms with E-state index in [9.17, 15) is 10.2 Å². The van der Waals surface area contributed by atoms with Gasteiger partial charge in [0.15, 0.2) is 0 Å². The van der Waals surface area contributed by atoms with Gasteiger partial charge in [-0.3, -0.25) is 0 Å². The molecule has 2 aromatic heterocycles. The Bertz CT molecular complexity index is 1130. The molecular formula is C34H48IrNO2S-. The molecule has 2 aliphatic rings. The smallest absolute Gasteiger partial charge is 0.0651 e. The third-order valence-corrected chi connectivity index (χ3v) is 11.4. The van der Waals surface area contributed by atoms with E-state index in [4.69, 9.17) is 0 Å². The Labute approximate surface area is 254 Å². The molecular weight excluding hydrogens is 679 g/mol. The summed E-state index contributed by atoms with van der Waals surface area (Å²) in [6.07, 6.45) is 10.1. The first-order chi connectivity index (χ1) is 18.2. The van der Waals surface area contributed by atoms with Crippen molar-refractivity contribution < 1.29 is 30.3 Å². The summed E-state index contributed by atoms with van der Waals surface area (Å²) in [5.74, 6) is 1.16. The number of rotatable bonds is 6. The molecule has 0 bridgehead atoms. The molecule has 0 amide bonds. The maximum absolute atomic E-state index is 11.1. The average molecular weight is 727 g/mol. The molecule has 2 heterocycles. The molecule has 2 aliphatic carbocycles. The Kier molecular flexibility index (Phi) is 11.4. The summed E-state index contributed by atoms with van der Waals surface area (Å²) in [6.45, 7) is 13.2. The molecule has 4 unspecified atom stereocenters. The molecule has 39 heavy (non-hydrogen) atoms. The number of aromatic nitrogens is 1. The number of hydrogen-bond acceptors (Lipinski definition) is 4. The van der Waals surface area contributed by atoms with Gasteiger partial charge in [-0.25, -0.2) is 11.3 Å². The summed E-state index contributed by atoms with van der Waals surface area (Å²) in [4.78, 5) is 5.66. The minimum Gasteiger partial charge on any atom is -0.392 e. The molecule has 3 nitrogen and oxygen atoms in total. The van der Waals surface area contributed by atoms with E-state index in [-0.39, 0.29) is 49.1 Å². The number of thiophene rings is 1. The number of benzene rings is 1. The van der Waals surface area contributed by atoms with Gasteiger partial charge in [-0.1, -0.05) is 72.2 Å². The summed E-state index contributed by atoms with van der Waals surface area (Å²) in [5, 5.41) is 23.3. The van der Waals surface area contributed by atoms with Crippen molar-refractivity contribution in [2.75, 3.05) is 0 Å². The first kappa shape index (κ1) is 32.4. The Balaban J connectivity index is 0.000000211. The second-order valence-corrected chi connectivity index (χ2v) is 13.2. The second-order valence-electron chi connectivity index (χ2n) is 12.1. The number of hydrogen-bond donors (Lipinski definition) is 2. The summed E-state index contributed by atoms with van der Waals surface area (Å²) < 4.78 is 1.27. The Morgan fingerprint density at radius 1 is 0.949 bits per heavy atom. The third-order valence-electron chi connectivity index (χ3n) is 10.3. The number of nitrogens with zero attached hydrogens (tertiary/aromatic N) is 1. The molecule has 2 N–H and O–H groups in total. The monoisotopic (exact) mass is 727 g/mol. The second kappa shape index (κ2) is 13.7. The van der Waals surface area contributed by atoms with E-state index < -0.39 is 0 Å². The van der Waals surface area contributed by atoms with E-state index in [1.54, 1.807) is 11.3 Å². The summed E-state index contributed by atoms with van der Waals surface area (Å²) in [7, 11) is 0. The largest absolute Gasteiger partial charge is 0.392 e. The Morgan fingerprint density at radius 2 is 1.59 bits per heavy atom. The van der Waals surface area contributed by atoms with Crippen LogP contribution < -0.4 is 0 Å². The first-order valence-corrected chi connectivity index (χ1v) is 15.8. The molecule has 5 rings (SSSR count). The fourth-order valence-electron chi connectivity index (χ4n) is 7.34. The fourth-order valence-corrected chi connectivity index (χ4v) is 8.32. The zero-order valence-corrected chi connectivity index (χ0v) is 27.9.